The number of hydrogen-bond acceptors (Lipinski definition) is 4. The number of likely N-dealkylation sites (N-methyl/N-ethyl adjacent to an activating group) is 1. The Bertz CT molecular complexity index is 295. The summed E-state index contributed by atoms with van der Waals surface area (Å²) in [6, 6.07) is 0.173. The number of nitrogens with zero attached hydrogens (tertiary/aromatic N) is 2. The van der Waals surface area contributed by atoms with Gasteiger partial charge in [0.25, 0.3) is 0 Å². The first-order chi connectivity index (χ1) is 9.71. The van der Waals surface area contributed by atoms with Gasteiger partial charge >= 0.3 is 5.97 Å². The van der Waals surface area contributed by atoms with Gasteiger partial charge in [-0.1, -0.05) is 6.92 Å². The van der Waals surface area contributed by atoms with E-state index >= 15 is 0 Å². The minimum atomic E-state index is -0.826. The normalized spacial score (nSPS) is 14.9. The number of carboxylic acid groups (broad SMARTS) is 1. The number of carboxylic acids is 1. The molecule has 0 radical (unpaired) electrons. The maximum absolute atomic E-state index is 11.5. The highest BCUT2D eigenvalue weighted by Gasteiger charge is 2.32. The molecule has 0 saturated carbocycles. The van der Waals surface area contributed by atoms with Gasteiger partial charge in [-0.15, -0.1) is 0 Å². The van der Waals surface area contributed by atoms with Crippen molar-refractivity contribution >= 4 is 5.97 Å². The molecule has 0 aromatic heterocycles. The van der Waals surface area contributed by atoms with Crippen molar-refractivity contribution in [1.82, 2.24) is 15.1 Å². The number of aliphatic carboxylic acids is 1. The van der Waals surface area contributed by atoms with Crippen LogP contribution in [0.25, 0.3) is 0 Å². The van der Waals surface area contributed by atoms with E-state index < -0.39 is 11.5 Å². The summed E-state index contributed by atoms with van der Waals surface area (Å²) in [7, 11) is 4.16. The molecule has 0 aromatic carbocycles. The summed E-state index contributed by atoms with van der Waals surface area (Å²) in [5.74, 6) is -0.758. The summed E-state index contributed by atoms with van der Waals surface area (Å²) >= 11 is 0. The Morgan fingerprint density at radius 3 is 2.24 bits per heavy atom. The maximum Gasteiger partial charge on any atom is 0.323 e. The molecular weight excluding hydrogens is 266 g/mol. The molecule has 1 atom stereocenters. The van der Waals surface area contributed by atoms with Crippen molar-refractivity contribution in [2.45, 2.75) is 58.5 Å². The highest BCUT2D eigenvalue weighted by molar-refractivity contribution is 5.78. The molecule has 5 nitrogen and oxygen atoms in total. The summed E-state index contributed by atoms with van der Waals surface area (Å²) < 4.78 is 0. The van der Waals surface area contributed by atoms with Crippen LogP contribution in [-0.2, 0) is 4.79 Å². The molecule has 0 fully saturated rings. The van der Waals surface area contributed by atoms with Crippen LogP contribution in [0.4, 0.5) is 0 Å². The first-order valence-corrected chi connectivity index (χ1v) is 8.09. The predicted octanol–water partition coefficient (Wildman–Crippen LogP) is 1.88. The van der Waals surface area contributed by atoms with Crippen LogP contribution < -0.4 is 5.32 Å². The summed E-state index contributed by atoms with van der Waals surface area (Å²) in [6.45, 7) is 12.1. The van der Waals surface area contributed by atoms with Gasteiger partial charge in [0.1, 0.15) is 5.54 Å². The molecule has 0 rings (SSSR count). The summed E-state index contributed by atoms with van der Waals surface area (Å²) in [5, 5.41) is 12.6. The summed E-state index contributed by atoms with van der Waals surface area (Å²) in [6.07, 6.45) is 2.69. The van der Waals surface area contributed by atoms with Crippen LogP contribution in [-0.4, -0.2) is 72.7 Å². The second kappa shape index (κ2) is 10.1. The van der Waals surface area contributed by atoms with Gasteiger partial charge in [0.05, 0.1) is 0 Å². The van der Waals surface area contributed by atoms with Crippen LogP contribution in [0.15, 0.2) is 0 Å². The highest BCUT2D eigenvalue weighted by atomic mass is 16.4. The SMILES string of the molecule is CCCN(CCCC(C)(NC(C)C)C(=O)O)CCN(C)C. The zero-order valence-corrected chi connectivity index (χ0v) is 14.8. The van der Waals surface area contributed by atoms with E-state index in [1.807, 2.05) is 13.8 Å². The van der Waals surface area contributed by atoms with Crippen LogP contribution in [0, 0.1) is 0 Å². The van der Waals surface area contributed by atoms with Gasteiger partial charge in [-0.05, 0) is 67.2 Å². The maximum atomic E-state index is 11.5. The summed E-state index contributed by atoms with van der Waals surface area (Å²) in [4.78, 5) is 16.1. The average molecular weight is 301 g/mol. The molecule has 0 spiro atoms. The molecule has 0 aliphatic heterocycles. The third-order valence-electron chi connectivity index (χ3n) is 3.63. The van der Waals surface area contributed by atoms with Gasteiger partial charge in [0.15, 0.2) is 0 Å². The quantitative estimate of drug-likeness (QED) is 0.576. The fourth-order valence-electron chi connectivity index (χ4n) is 2.53. The standard InChI is InChI=1S/C16H35N3O2/c1-7-10-19(13-12-18(5)6)11-8-9-16(4,15(20)21)17-14(2)3/h14,17H,7-13H2,1-6H3,(H,20,21). The molecule has 0 aromatic rings. The number of rotatable bonds is 12. The molecule has 2 N–H and O–H groups in total. The molecule has 0 saturated heterocycles. The first kappa shape index (κ1) is 20.3. The Morgan fingerprint density at radius 1 is 1.19 bits per heavy atom. The van der Waals surface area contributed by atoms with Crippen LogP contribution in [0.1, 0.15) is 47.0 Å². The van der Waals surface area contributed by atoms with Gasteiger partial charge in [0, 0.05) is 19.1 Å². The molecule has 5 heteroatoms. The monoisotopic (exact) mass is 301 g/mol. The van der Waals surface area contributed by atoms with E-state index in [4.69, 9.17) is 0 Å². The van der Waals surface area contributed by atoms with Crippen molar-refractivity contribution in [2.24, 2.45) is 0 Å². The third kappa shape index (κ3) is 9.06. The van der Waals surface area contributed by atoms with Crippen LogP contribution in [0.5, 0.6) is 0 Å². The Labute approximate surface area is 130 Å². The van der Waals surface area contributed by atoms with E-state index in [-0.39, 0.29) is 6.04 Å². The van der Waals surface area contributed by atoms with E-state index in [2.05, 4.69) is 36.1 Å². The highest BCUT2D eigenvalue weighted by Crippen LogP contribution is 2.14. The Balaban J connectivity index is 4.34. The minimum Gasteiger partial charge on any atom is -0.480 e. The molecule has 21 heavy (non-hydrogen) atoms. The number of hydrogen-bond donors (Lipinski definition) is 2. The molecule has 1 unspecified atom stereocenters. The average Bonchev–Trinajstić information content (AvgIpc) is 2.34. The lowest BCUT2D eigenvalue weighted by atomic mass is 9.94. The lowest BCUT2D eigenvalue weighted by molar-refractivity contribution is -0.144. The second-order valence-corrected chi connectivity index (χ2v) is 6.68. The first-order valence-electron chi connectivity index (χ1n) is 8.09. The fourth-order valence-corrected chi connectivity index (χ4v) is 2.53. The zero-order chi connectivity index (χ0) is 16.5. The van der Waals surface area contributed by atoms with E-state index in [9.17, 15) is 9.90 Å². The molecule has 0 aliphatic carbocycles. The van der Waals surface area contributed by atoms with Crippen LogP contribution in [0.2, 0.25) is 0 Å². The van der Waals surface area contributed by atoms with Crippen LogP contribution >= 0.6 is 0 Å². The zero-order valence-electron chi connectivity index (χ0n) is 14.8. The van der Waals surface area contributed by atoms with Crippen molar-refractivity contribution in [3.63, 3.8) is 0 Å². The van der Waals surface area contributed by atoms with Gasteiger partial charge in [0.2, 0.25) is 0 Å². The molecule has 0 heterocycles. The van der Waals surface area contributed by atoms with Crippen molar-refractivity contribution in [2.75, 3.05) is 40.3 Å². The van der Waals surface area contributed by atoms with Crippen molar-refractivity contribution in [3.8, 4) is 0 Å². The van der Waals surface area contributed by atoms with Crippen molar-refractivity contribution < 1.29 is 9.90 Å². The van der Waals surface area contributed by atoms with Gasteiger partial charge < -0.3 is 14.9 Å². The Kier molecular flexibility index (Phi) is 9.83. The topological polar surface area (TPSA) is 55.8 Å². The number of nitrogens with one attached hydrogen (secondary N) is 1. The van der Waals surface area contributed by atoms with E-state index in [1.54, 1.807) is 6.92 Å². The van der Waals surface area contributed by atoms with Gasteiger partial charge in [-0.2, -0.15) is 0 Å². The smallest absolute Gasteiger partial charge is 0.323 e. The fraction of sp³-hybridized carbons (Fsp3) is 0.938. The molecule has 126 valence electrons. The van der Waals surface area contributed by atoms with E-state index in [0.29, 0.717) is 6.42 Å². The molecule has 0 aliphatic rings. The van der Waals surface area contributed by atoms with Crippen LogP contribution in [0.3, 0.4) is 0 Å². The third-order valence-corrected chi connectivity index (χ3v) is 3.63. The number of carbonyl (C=O) groups is 1. The molecule has 0 amide bonds. The van der Waals surface area contributed by atoms with E-state index in [0.717, 1.165) is 39.0 Å². The van der Waals surface area contributed by atoms with Gasteiger partial charge in [-0.3, -0.25) is 10.1 Å². The lowest BCUT2D eigenvalue weighted by Gasteiger charge is -2.30. The summed E-state index contributed by atoms with van der Waals surface area (Å²) in [5.41, 5.74) is -0.826. The predicted molar refractivity (Wildman–Crippen MR) is 88.8 cm³/mol. The largest absolute Gasteiger partial charge is 0.480 e. The lowest BCUT2D eigenvalue weighted by Crippen LogP contribution is -2.52. The van der Waals surface area contributed by atoms with Gasteiger partial charge in [-0.25, -0.2) is 0 Å². The van der Waals surface area contributed by atoms with Crippen molar-refractivity contribution in [3.05, 3.63) is 0 Å². The Hall–Kier alpha value is -0.650. The Morgan fingerprint density at radius 2 is 1.81 bits per heavy atom. The van der Waals surface area contributed by atoms with Crippen molar-refractivity contribution in [1.29, 1.82) is 0 Å². The van der Waals surface area contributed by atoms with E-state index in [1.165, 1.54) is 0 Å². The minimum absolute atomic E-state index is 0.173. The molecule has 0 bridgehead atoms. The second-order valence-electron chi connectivity index (χ2n) is 6.68. The molecular formula is C16H35N3O2.